The van der Waals surface area contributed by atoms with Crippen LogP contribution in [0.3, 0.4) is 0 Å². The summed E-state index contributed by atoms with van der Waals surface area (Å²) in [6.07, 6.45) is 2.11. The summed E-state index contributed by atoms with van der Waals surface area (Å²) >= 11 is 0. The summed E-state index contributed by atoms with van der Waals surface area (Å²) in [6.45, 7) is 2.67. The average molecular weight is 283 g/mol. The third-order valence-corrected chi connectivity index (χ3v) is 4.02. The zero-order valence-corrected chi connectivity index (χ0v) is 12.2. The van der Waals surface area contributed by atoms with Gasteiger partial charge in [0, 0.05) is 18.4 Å². The molecule has 1 heterocycles. The van der Waals surface area contributed by atoms with Crippen LogP contribution in [-0.2, 0) is 13.2 Å². The molecule has 0 aliphatic carbocycles. The van der Waals surface area contributed by atoms with Gasteiger partial charge in [0.15, 0.2) is 0 Å². The number of likely N-dealkylation sites (tertiary alicyclic amines) is 1. The fourth-order valence-electron chi connectivity index (χ4n) is 2.83. The number of rotatable bonds is 5. The van der Waals surface area contributed by atoms with E-state index in [2.05, 4.69) is 0 Å². The standard InChI is InChI=1S/C18H21NO2/c20-19(12-4-5-13-19)14-16-8-10-18(11-9-16)21-15-17-6-2-1-3-7-17/h1-3,6-11H,4-5,12-15H2. The van der Waals surface area contributed by atoms with Crippen molar-refractivity contribution in [2.45, 2.75) is 26.0 Å². The van der Waals surface area contributed by atoms with Crippen molar-refractivity contribution in [1.29, 1.82) is 0 Å². The van der Waals surface area contributed by atoms with Crippen LogP contribution >= 0.6 is 0 Å². The van der Waals surface area contributed by atoms with E-state index in [4.69, 9.17) is 4.74 Å². The Labute approximate surface area is 126 Å². The predicted molar refractivity (Wildman–Crippen MR) is 83.5 cm³/mol. The number of hydrogen-bond acceptors (Lipinski definition) is 2. The first-order valence-corrected chi connectivity index (χ1v) is 7.56. The molecule has 1 aliphatic heterocycles. The first-order valence-electron chi connectivity index (χ1n) is 7.56. The van der Waals surface area contributed by atoms with Gasteiger partial charge < -0.3 is 14.6 Å². The van der Waals surface area contributed by atoms with Crippen LogP contribution in [0.5, 0.6) is 5.75 Å². The van der Waals surface area contributed by atoms with Gasteiger partial charge in [0.2, 0.25) is 0 Å². The van der Waals surface area contributed by atoms with E-state index in [1.807, 2.05) is 54.6 Å². The summed E-state index contributed by atoms with van der Waals surface area (Å²) in [5.74, 6) is 0.849. The van der Waals surface area contributed by atoms with Gasteiger partial charge in [-0.05, 0) is 29.8 Å². The molecule has 0 atom stereocenters. The lowest BCUT2D eigenvalue weighted by Gasteiger charge is -2.38. The van der Waals surface area contributed by atoms with Crippen LogP contribution in [0.4, 0.5) is 0 Å². The van der Waals surface area contributed by atoms with Crippen LogP contribution in [0, 0.1) is 5.21 Å². The van der Waals surface area contributed by atoms with Crippen molar-refractivity contribution in [3.8, 4) is 5.75 Å². The van der Waals surface area contributed by atoms with Crippen molar-refractivity contribution < 1.29 is 9.38 Å². The van der Waals surface area contributed by atoms with Gasteiger partial charge in [-0.3, -0.25) is 0 Å². The van der Waals surface area contributed by atoms with Crippen LogP contribution < -0.4 is 4.74 Å². The normalized spacial score (nSPS) is 16.8. The Bertz CT molecular complexity index is 560. The minimum atomic E-state index is -0.0653. The maximum Gasteiger partial charge on any atom is 0.119 e. The van der Waals surface area contributed by atoms with Gasteiger partial charge in [-0.15, -0.1) is 0 Å². The highest BCUT2D eigenvalue weighted by molar-refractivity contribution is 5.27. The minimum Gasteiger partial charge on any atom is -0.633 e. The van der Waals surface area contributed by atoms with Crippen molar-refractivity contribution in [2.75, 3.05) is 13.1 Å². The topological polar surface area (TPSA) is 32.3 Å². The van der Waals surface area contributed by atoms with Crippen molar-refractivity contribution >= 4 is 0 Å². The molecule has 110 valence electrons. The lowest BCUT2D eigenvalue weighted by atomic mass is 10.2. The quantitative estimate of drug-likeness (QED) is 0.616. The fourth-order valence-corrected chi connectivity index (χ4v) is 2.83. The van der Waals surface area contributed by atoms with Crippen molar-refractivity contribution in [1.82, 2.24) is 0 Å². The van der Waals surface area contributed by atoms with Gasteiger partial charge in [0.1, 0.15) is 18.9 Å². The maximum absolute atomic E-state index is 12.4. The number of benzene rings is 2. The molecule has 0 N–H and O–H groups in total. The molecule has 0 aromatic heterocycles. The van der Waals surface area contributed by atoms with Crippen LogP contribution in [0.25, 0.3) is 0 Å². The summed E-state index contributed by atoms with van der Waals surface area (Å²) in [5, 5.41) is 12.4. The second kappa shape index (κ2) is 6.29. The average Bonchev–Trinajstić information content (AvgIpc) is 2.94. The van der Waals surface area contributed by atoms with E-state index in [-0.39, 0.29) is 4.65 Å². The lowest BCUT2D eigenvalue weighted by molar-refractivity contribution is -0.881. The molecule has 3 rings (SSSR count). The van der Waals surface area contributed by atoms with Crippen LogP contribution in [0.1, 0.15) is 24.0 Å². The number of ether oxygens (including phenoxy) is 1. The molecule has 0 amide bonds. The molecule has 1 fully saturated rings. The third-order valence-electron chi connectivity index (χ3n) is 4.02. The number of hydrogen-bond donors (Lipinski definition) is 0. The Morgan fingerprint density at radius 2 is 1.52 bits per heavy atom. The smallest absolute Gasteiger partial charge is 0.119 e. The lowest BCUT2D eigenvalue weighted by Crippen LogP contribution is -2.37. The molecule has 0 unspecified atom stereocenters. The van der Waals surface area contributed by atoms with Gasteiger partial charge in [0.25, 0.3) is 0 Å². The highest BCUT2D eigenvalue weighted by Crippen LogP contribution is 2.23. The molecule has 0 radical (unpaired) electrons. The molecular formula is C18H21NO2. The highest BCUT2D eigenvalue weighted by atomic mass is 16.5. The van der Waals surface area contributed by atoms with Crippen LogP contribution in [-0.4, -0.2) is 17.7 Å². The van der Waals surface area contributed by atoms with E-state index in [0.29, 0.717) is 13.2 Å². The van der Waals surface area contributed by atoms with Gasteiger partial charge in [-0.1, -0.05) is 30.3 Å². The Morgan fingerprint density at radius 1 is 0.857 bits per heavy atom. The number of quaternary nitrogens is 1. The molecule has 21 heavy (non-hydrogen) atoms. The second-order valence-corrected chi connectivity index (χ2v) is 5.79. The molecule has 2 aromatic rings. The first kappa shape index (κ1) is 14.1. The van der Waals surface area contributed by atoms with E-state index < -0.39 is 0 Å². The Morgan fingerprint density at radius 3 is 2.19 bits per heavy atom. The van der Waals surface area contributed by atoms with E-state index in [1.165, 1.54) is 0 Å². The van der Waals surface area contributed by atoms with E-state index >= 15 is 0 Å². The first-order chi connectivity index (χ1) is 10.2. The summed E-state index contributed by atoms with van der Waals surface area (Å²) in [4.78, 5) is 0. The third kappa shape index (κ3) is 3.84. The summed E-state index contributed by atoms with van der Waals surface area (Å²) in [5.41, 5.74) is 2.25. The fraction of sp³-hybridized carbons (Fsp3) is 0.333. The van der Waals surface area contributed by atoms with Crippen molar-refractivity contribution in [3.05, 3.63) is 70.9 Å². The molecular weight excluding hydrogens is 262 g/mol. The van der Waals surface area contributed by atoms with Gasteiger partial charge in [-0.25, -0.2) is 0 Å². The zero-order valence-electron chi connectivity index (χ0n) is 12.2. The SMILES string of the molecule is [O-][N+]1(Cc2ccc(OCc3ccccc3)cc2)CCCC1. The van der Waals surface area contributed by atoms with Crippen LogP contribution in [0.15, 0.2) is 54.6 Å². The number of nitrogens with zero attached hydrogens (tertiary/aromatic N) is 1. The largest absolute Gasteiger partial charge is 0.633 e. The molecule has 1 saturated heterocycles. The molecule has 0 bridgehead atoms. The highest BCUT2D eigenvalue weighted by Gasteiger charge is 2.22. The molecule has 2 aromatic carbocycles. The predicted octanol–water partition coefficient (Wildman–Crippen LogP) is 3.87. The molecule has 0 saturated carbocycles. The van der Waals surface area contributed by atoms with Gasteiger partial charge in [0.05, 0.1) is 13.1 Å². The molecule has 1 aliphatic rings. The monoisotopic (exact) mass is 283 g/mol. The van der Waals surface area contributed by atoms with Gasteiger partial charge in [-0.2, -0.15) is 0 Å². The van der Waals surface area contributed by atoms with Crippen LogP contribution in [0.2, 0.25) is 0 Å². The Kier molecular flexibility index (Phi) is 4.23. The maximum atomic E-state index is 12.4. The van der Waals surface area contributed by atoms with E-state index in [1.54, 1.807) is 0 Å². The second-order valence-electron chi connectivity index (χ2n) is 5.79. The van der Waals surface area contributed by atoms with Crippen molar-refractivity contribution in [2.24, 2.45) is 0 Å². The zero-order chi connectivity index (χ0) is 14.5. The molecule has 3 heteroatoms. The molecule has 0 spiro atoms. The minimum absolute atomic E-state index is 0.0653. The Balaban J connectivity index is 1.56. The summed E-state index contributed by atoms with van der Waals surface area (Å²) in [6, 6.07) is 18.1. The number of hydroxylamine groups is 3. The van der Waals surface area contributed by atoms with Crippen molar-refractivity contribution in [3.63, 3.8) is 0 Å². The molecule has 3 nitrogen and oxygen atoms in total. The summed E-state index contributed by atoms with van der Waals surface area (Å²) < 4.78 is 5.69. The van der Waals surface area contributed by atoms with Gasteiger partial charge >= 0.3 is 0 Å². The summed E-state index contributed by atoms with van der Waals surface area (Å²) in [7, 11) is 0. The van der Waals surface area contributed by atoms with E-state index in [9.17, 15) is 5.21 Å². The van der Waals surface area contributed by atoms with E-state index in [0.717, 1.165) is 42.8 Å². The Hall–Kier alpha value is -1.84.